The number of nitrogens with one attached hydrogen (secondary N) is 1. The fraction of sp³-hybridized carbons (Fsp3) is 0.500. The van der Waals surface area contributed by atoms with Crippen LogP contribution in [-0.2, 0) is 11.3 Å². The van der Waals surface area contributed by atoms with Gasteiger partial charge in [-0.15, -0.1) is 0 Å². The molecule has 2 N–H and O–H groups in total. The number of carbonyl (C=O) groups excluding carboxylic acids is 1. The van der Waals surface area contributed by atoms with Gasteiger partial charge in [0.1, 0.15) is 5.54 Å². The second-order valence-electron chi connectivity index (χ2n) is 4.79. The van der Waals surface area contributed by atoms with Crippen molar-refractivity contribution < 1.29 is 14.7 Å². The maximum absolute atomic E-state index is 12.2. The van der Waals surface area contributed by atoms with E-state index in [0.717, 1.165) is 5.56 Å². The lowest BCUT2D eigenvalue weighted by Gasteiger charge is -2.29. The Morgan fingerprint density at radius 2 is 1.95 bits per heavy atom. The molecule has 0 fully saturated rings. The number of pyridine rings is 1. The van der Waals surface area contributed by atoms with E-state index in [1.54, 1.807) is 24.2 Å². The molecule has 2 amide bonds. The van der Waals surface area contributed by atoms with Crippen LogP contribution in [-0.4, -0.2) is 39.1 Å². The molecular formula is C14H21N3O3. The normalized spacial score (nSPS) is 13.3. The second-order valence-corrected chi connectivity index (χ2v) is 4.79. The van der Waals surface area contributed by atoms with Gasteiger partial charge in [0.15, 0.2) is 0 Å². The maximum Gasteiger partial charge on any atom is 0.329 e. The molecule has 6 nitrogen and oxygen atoms in total. The Morgan fingerprint density at radius 1 is 1.35 bits per heavy atom. The van der Waals surface area contributed by atoms with Gasteiger partial charge in [0, 0.05) is 25.5 Å². The molecule has 0 saturated carbocycles. The number of amides is 2. The van der Waals surface area contributed by atoms with Gasteiger partial charge in [-0.3, -0.25) is 4.98 Å². The van der Waals surface area contributed by atoms with Crippen LogP contribution in [0.15, 0.2) is 24.5 Å². The summed E-state index contributed by atoms with van der Waals surface area (Å²) < 4.78 is 0. The third-order valence-corrected chi connectivity index (χ3v) is 3.35. The summed E-state index contributed by atoms with van der Waals surface area (Å²) in [5.41, 5.74) is -0.298. The first-order valence-electron chi connectivity index (χ1n) is 6.62. The van der Waals surface area contributed by atoms with E-state index < -0.39 is 11.5 Å². The Balaban J connectivity index is 2.75. The SMILES string of the molecule is CCN(Cc1ccncc1)C(=O)NC(C)(CC)C(=O)O. The number of hydrogen-bond acceptors (Lipinski definition) is 3. The van der Waals surface area contributed by atoms with Crippen molar-refractivity contribution in [2.75, 3.05) is 6.54 Å². The molecule has 20 heavy (non-hydrogen) atoms. The van der Waals surface area contributed by atoms with Crippen LogP contribution in [0, 0.1) is 0 Å². The monoisotopic (exact) mass is 279 g/mol. The highest BCUT2D eigenvalue weighted by Gasteiger charge is 2.33. The minimum absolute atomic E-state index is 0.320. The van der Waals surface area contributed by atoms with Gasteiger partial charge in [0.2, 0.25) is 0 Å². The molecule has 0 bridgehead atoms. The average Bonchev–Trinajstić information content (AvgIpc) is 2.45. The van der Waals surface area contributed by atoms with E-state index in [1.165, 1.54) is 6.92 Å². The number of hydrogen-bond donors (Lipinski definition) is 2. The Morgan fingerprint density at radius 3 is 2.40 bits per heavy atom. The average molecular weight is 279 g/mol. The number of carboxylic acids is 1. The van der Waals surface area contributed by atoms with Crippen molar-refractivity contribution in [2.45, 2.75) is 39.3 Å². The van der Waals surface area contributed by atoms with E-state index >= 15 is 0 Å². The van der Waals surface area contributed by atoms with Gasteiger partial charge in [0.05, 0.1) is 0 Å². The Labute approximate surface area is 118 Å². The first kappa shape index (κ1) is 15.9. The quantitative estimate of drug-likeness (QED) is 0.832. The third-order valence-electron chi connectivity index (χ3n) is 3.35. The number of aromatic nitrogens is 1. The molecule has 1 aromatic heterocycles. The molecule has 0 spiro atoms. The zero-order valence-electron chi connectivity index (χ0n) is 12.1. The lowest BCUT2D eigenvalue weighted by molar-refractivity contribution is -0.143. The number of nitrogens with zero attached hydrogens (tertiary/aromatic N) is 2. The van der Waals surface area contributed by atoms with Crippen molar-refractivity contribution in [2.24, 2.45) is 0 Å². The van der Waals surface area contributed by atoms with Crippen LogP contribution < -0.4 is 5.32 Å². The van der Waals surface area contributed by atoms with E-state index in [9.17, 15) is 14.7 Å². The third kappa shape index (κ3) is 3.94. The topological polar surface area (TPSA) is 82.5 Å². The van der Waals surface area contributed by atoms with Gasteiger partial charge in [-0.1, -0.05) is 6.92 Å². The van der Waals surface area contributed by atoms with Crippen LogP contribution in [0.2, 0.25) is 0 Å². The predicted molar refractivity (Wildman–Crippen MR) is 75.2 cm³/mol. The number of carbonyl (C=O) groups is 2. The van der Waals surface area contributed by atoms with Crippen molar-refractivity contribution in [3.05, 3.63) is 30.1 Å². The summed E-state index contributed by atoms with van der Waals surface area (Å²) >= 11 is 0. The number of rotatable bonds is 6. The molecule has 0 radical (unpaired) electrons. The van der Waals surface area contributed by atoms with Gasteiger partial charge < -0.3 is 15.3 Å². The molecule has 0 saturated heterocycles. The minimum Gasteiger partial charge on any atom is -0.480 e. The van der Waals surface area contributed by atoms with E-state index in [1.807, 2.05) is 19.1 Å². The first-order chi connectivity index (χ1) is 9.42. The van der Waals surface area contributed by atoms with Crippen LogP contribution in [0.3, 0.4) is 0 Å². The minimum atomic E-state index is -1.25. The largest absolute Gasteiger partial charge is 0.480 e. The highest BCUT2D eigenvalue weighted by atomic mass is 16.4. The summed E-state index contributed by atoms with van der Waals surface area (Å²) in [5, 5.41) is 11.8. The van der Waals surface area contributed by atoms with Crippen molar-refractivity contribution in [1.82, 2.24) is 15.2 Å². The van der Waals surface area contributed by atoms with Crippen molar-refractivity contribution in [3.8, 4) is 0 Å². The number of carboxylic acid groups (broad SMARTS) is 1. The smallest absolute Gasteiger partial charge is 0.329 e. The zero-order valence-corrected chi connectivity index (χ0v) is 12.1. The highest BCUT2D eigenvalue weighted by molar-refractivity contribution is 5.85. The molecule has 1 aromatic rings. The molecule has 0 aliphatic rings. The number of aliphatic carboxylic acids is 1. The van der Waals surface area contributed by atoms with Gasteiger partial charge in [0.25, 0.3) is 0 Å². The molecule has 1 rings (SSSR count). The molecule has 6 heteroatoms. The van der Waals surface area contributed by atoms with Crippen molar-refractivity contribution in [1.29, 1.82) is 0 Å². The lowest BCUT2D eigenvalue weighted by Crippen LogP contribution is -2.55. The predicted octanol–water partition coefficient (Wildman–Crippen LogP) is 1.87. The fourth-order valence-corrected chi connectivity index (χ4v) is 1.64. The van der Waals surface area contributed by atoms with Gasteiger partial charge in [-0.2, -0.15) is 0 Å². The van der Waals surface area contributed by atoms with Crippen LogP contribution in [0.4, 0.5) is 4.79 Å². The van der Waals surface area contributed by atoms with E-state index in [2.05, 4.69) is 10.3 Å². The van der Waals surface area contributed by atoms with Gasteiger partial charge in [-0.05, 0) is 38.0 Å². The summed E-state index contributed by atoms with van der Waals surface area (Å²) in [7, 11) is 0. The summed E-state index contributed by atoms with van der Waals surface area (Å²) in [6.07, 6.45) is 3.64. The van der Waals surface area contributed by atoms with Crippen LogP contribution in [0.5, 0.6) is 0 Å². The molecule has 1 unspecified atom stereocenters. The zero-order chi connectivity index (χ0) is 15.2. The van der Waals surface area contributed by atoms with E-state index in [4.69, 9.17) is 0 Å². The second kappa shape index (κ2) is 6.88. The standard InChI is InChI=1S/C14H21N3O3/c1-4-14(3,12(18)19)16-13(20)17(5-2)10-11-6-8-15-9-7-11/h6-9H,4-5,10H2,1-3H3,(H,16,20)(H,18,19). The Bertz CT molecular complexity index is 464. The molecule has 0 aliphatic carbocycles. The molecule has 0 aliphatic heterocycles. The maximum atomic E-state index is 12.2. The van der Waals surface area contributed by atoms with Crippen LogP contribution in [0.1, 0.15) is 32.8 Å². The van der Waals surface area contributed by atoms with Crippen molar-refractivity contribution in [3.63, 3.8) is 0 Å². The summed E-state index contributed by atoms with van der Waals surface area (Å²) in [6.45, 7) is 6.00. The Hall–Kier alpha value is -2.11. The molecule has 110 valence electrons. The Kier molecular flexibility index (Phi) is 5.49. The van der Waals surface area contributed by atoms with Gasteiger partial charge >= 0.3 is 12.0 Å². The summed E-state index contributed by atoms with van der Waals surface area (Å²) in [4.78, 5) is 28.9. The van der Waals surface area contributed by atoms with Crippen LogP contribution >= 0.6 is 0 Å². The summed E-state index contributed by atoms with van der Waals surface area (Å²) in [6, 6.07) is 3.27. The molecule has 0 aromatic carbocycles. The van der Waals surface area contributed by atoms with Crippen LogP contribution in [0.25, 0.3) is 0 Å². The first-order valence-corrected chi connectivity index (χ1v) is 6.62. The van der Waals surface area contributed by atoms with E-state index in [0.29, 0.717) is 19.5 Å². The molecular weight excluding hydrogens is 258 g/mol. The molecule has 1 heterocycles. The lowest BCUT2D eigenvalue weighted by atomic mass is 10.00. The van der Waals surface area contributed by atoms with E-state index in [-0.39, 0.29) is 6.03 Å². The van der Waals surface area contributed by atoms with Gasteiger partial charge in [-0.25, -0.2) is 9.59 Å². The molecule has 1 atom stereocenters. The number of urea groups is 1. The summed E-state index contributed by atoms with van der Waals surface area (Å²) in [5.74, 6) is -1.03. The van der Waals surface area contributed by atoms with Crippen molar-refractivity contribution >= 4 is 12.0 Å². The highest BCUT2D eigenvalue weighted by Crippen LogP contribution is 2.11. The fourth-order valence-electron chi connectivity index (χ4n) is 1.64.